The zero-order valence-electron chi connectivity index (χ0n) is 12.2. The first-order valence-electron chi connectivity index (χ1n) is 7.14. The lowest BCUT2D eigenvalue weighted by Gasteiger charge is -2.06. The molecule has 1 amide bonds. The Kier molecular flexibility index (Phi) is 4.20. The summed E-state index contributed by atoms with van der Waals surface area (Å²) in [5.41, 5.74) is 1.94. The van der Waals surface area contributed by atoms with Crippen molar-refractivity contribution in [1.29, 1.82) is 0 Å². The lowest BCUT2D eigenvalue weighted by Crippen LogP contribution is -2.20. The van der Waals surface area contributed by atoms with E-state index in [4.69, 9.17) is 4.74 Å². The number of aromatic nitrogens is 1. The fourth-order valence-corrected chi connectivity index (χ4v) is 3.26. The van der Waals surface area contributed by atoms with Gasteiger partial charge in [0.2, 0.25) is 0 Å². The first kappa shape index (κ1) is 14.7. The van der Waals surface area contributed by atoms with E-state index in [-0.39, 0.29) is 18.3 Å². The van der Waals surface area contributed by atoms with Crippen molar-refractivity contribution in [3.8, 4) is 5.75 Å². The number of thiazole rings is 1. The van der Waals surface area contributed by atoms with E-state index in [0.29, 0.717) is 22.2 Å². The normalized spacial score (nSPS) is 13.6. The Morgan fingerprint density at radius 1 is 1.32 bits per heavy atom. The number of amides is 1. The second-order valence-corrected chi connectivity index (χ2v) is 6.22. The molecule has 3 rings (SSSR count). The third-order valence-corrected chi connectivity index (χ3v) is 4.46. The third-order valence-electron chi connectivity index (χ3n) is 3.41. The fraction of sp³-hybridized carbons (Fsp3) is 0.312. The molecule has 5 nitrogen and oxygen atoms in total. The molecule has 1 aliphatic rings. The Balaban J connectivity index is 1.58. The number of Topliss-reactive ketones (excluding diaryl/α,β-unsaturated/α-hetero) is 1. The van der Waals surface area contributed by atoms with Crippen LogP contribution >= 0.6 is 11.3 Å². The van der Waals surface area contributed by atoms with Crippen LogP contribution < -0.4 is 10.1 Å². The molecule has 1 aromatic heterocycles. The van der Waals surface area contributed by atoms with Gasteiger partial charge in [-0.25, -0.2) is 4.98 Å². The second kappa shape index (κ2) is 6.27. The summed E-state index contributed by atoms with van der Waals surface area (Å²) in [6.45, 7) is 1.91. The van der Waals surface area contributed by atoms with E-state index in [1.807, 2.05) is 31.2 Å². The monoisotopic (exact) mass is 316 g/mol. The van der Waals surface area contributed by atoms with Crippen LogP contribution in [0.15, 0.2) is 24.3 Å². The summed E-state index contributed by atoms with van der Waals surface area (Å²) >= 11 is 1.25. The van der Waals surface area contributed by atoms with Crippen LogP contribution in [0, 0.1) is 6.92 Å². The predicted molar refractivity (Wildman–Crippen MR) is 84.7 cm³/mol. The van der Waals surface area contributed by atoms with Crippen LogP contribution in [0.5, 0.6) is 5.75 Å². The largest absolute Gasteiger partial charge is 0.484 e. The summed E-state index contributed by atoms with van der Waals surface area (Å²) < 4.78 is 5.42. The van der Waals surface area contributed by atoms with Crippen LogP contribution in [0.2, 0.25) is 0 Å². The molecule has 1 aliphatic carbocycles. The first-order valence-corrected chi connectivity index (χ1v) is 7.96. The highest BCUT2D eigenvalue weighted by Gasteiger charge is 2.22. The maximum absolute atomic E-state index is 11.9. The number of carbonyl (C=O) groups excluding carboxylic acids is 2. The Bertz CT molecular complexity index is 707. The molecule has 0 fully saturated rings. The van der Waals surface area contributed by atoms with Crippen molar-refractivity contribution in [2.45, 2.75) is 26.2 Å². The molecule has 1 heterocycles. The van der Waals surface area contributed by atoms with Gasteiger partial charge in [-0.1, -0.05) is 29.0 Å². The number of nitrogens with one attached hydrogen (secondary N) is 1. The van der Waals surface area contributed by atoms with E-state index in [1.165, 1.54) is 11.3 Å². The van der Waals surface area contributed by atoms with Crippen molar-refractivity contribution >= 4 is 28.2 Å². The molecule has 114 valence electrons. The summed E-state index contributed by atoms with van der Waals surface area (Å²) in [6, 6.07) is 7.49. The standard InChI is InChI=1S/C16H16N2O3S/c1-10-5-7-11(8-6-10)21-9-14(20)18-16-17-12-3-2-4-13(19)15(12)22-16/h5-8H,2-4,9H2,1H3,(H,17,18,20). The van der Waals surface area contributed by atoms with Gasteiger partial charge in [0.25, 0.3) is 5.91 Å². The van der Waals surface area contributed by atoms with Crippen molar-refractivity contribution in [3.63, 3.8) is 0 Å². The molecule has 0 saturated heterocycles. The Labute approximate surface area is 132 Å². The number of benzene rings is 1. The van der Waals surface area contributed by atoms with Crippen molar-refractivity contribution in [2.75, 3.05) is 11.9 Å². The Hall–Kier alpha value is -2.21. The molecular weight excluding hydrogens is 300 g/mol. The molecule has 0 spiro atoms. The van der Waals surface area contributed by atoms with E-state index in [1.54, 1.807) is 0 Å². The maximum Gasteiger partial charge on any atom is 0.264 e. The molecule has 6 heteroatoms. The van der Waals surface area contributed by atoms with Crippen LogP contribution in [0.4, 0.5) is 5.13 Å². The highest BCUT2D eigenvalue weighted by molar-refractivity contribution is 7.17. The zero-order valence-corrected chi connectivity index (χ0v) is 13.0. The minimum Gasteiger partial charge on any atom is -0.484 e. The number of hydrogen-bond acceptors (Lipinski definition) is 5. The SMILES string of the molecule is Cc1ccc(OCC(=O)Nc2nc3c(s2)C(=O)CCC3)cc1. The van der Waals surface area contributed by atoms with Crippen LogP contribution in [0.3, 0.4) is 0 Å². The Morgan fingerprint density at radius 3 is 2.82 bits per heavy atom. The summed E-state index contributed by atoms with van der Waals surface area (Å²) in [6.07, 6.45) is 2.20. The summed E-state index contributed by atoms with van der Waals surface area (Å²) in [4.78, 5) is 28.6. The van der Waals surface area contributed by atoms with Gasteiger partial charge < -0.3 is 4.74 Å². The average molecular weight is 316 g/mol. The minimum atomic E-state index is -0.279. The number of hydrogen-bond donors (Lipinski definition) is 1. The molecule has 22 heavy (non-hydrogen) atoms. The number of anilines is 1. The first-order chi connectivity index (χ1) is 10.6. The highest BCUT2D eigenvalue weighted by atomic mass is 32.1. The fourth-order valence-electron chi connectivity index (χ4n) is 2.26. The second-order valence-electron chi connectivity index (χ2n) is 5.22. The molecule has 0 bridgehead atoms. The Morgan fingerprint density at radius 2 is 2.09 bits per heavy atom. The number of ketones is 1. The van der Waals surface area contributed by atoms with Gasteiger partial charge in [0.1, 0.15) is 5.75 Å². The number of rotatable bonds is 4. The van der Waals surface area contributed by atoms with Crippen molar-refractivity contribution < 1.29 is 14.3 Å². The smallest absolute Gasteiger partial charge is 0.264 e. The summed E-state index contributed by atoms with van der Waals surface area (Å²) in [5, 5.41) is 3.16. The molecule has 2 aromatic rings. The van der Waals surface area contributed by atoms with Crippen LogP contribution in [-0.2, 0) is 11.2 Å². The molecule has 0 aliphatic heterocycles. The lowest BCUT2D eigenvalue weighted by molar-refractivity contribution is -0.118. The molecule has 0 radical (unpaired) electrons. The number of nitrogens with zero attached hydrogens (tertiary/aromatic N) is 1. The summed E-state index contributed by atoms with van der Waals surface area (Å²) in [7, 11) is 0. The number of fused-ring (bicyclic) bond motifs is 1. The number of carbonyl (C=O) groups is 2. The van der Waals surface area contributed by atoms with E-state index in [2.05, 4.69) is 10.3 Å². The number of ether oxygens (including phenoxy) is 1. The van der Waals surface area contributed by atoms with Crippen LogP contribution in [-0.4, -0.2) is 23.3 Å². The zero-order chi connectivity index (χ0) is 15.5. The molecule has 1 aromatic carbocycles. The quantitative estimate of drug-likeness (QED) is 0.941. The molecular formula is C16H16N2O3S. The van der Waals surface area contributed by atoms with Gasteiger partial charge in [0, 0.05) is 6.42 Å². The van der Waals surface area contributed by atoms with E-state index >= 15 is 0 Å². The minimum absolute atomic E-state index is 0.0821. The number of aryl methyl sites for hydroxylation is 2. The molecule has 0 saturated carbocycles. The topological polar surface area (TPSA) is 68.3 Å². The van der Waals surface area contributed by atoms with Crippen molar-refractivity contribution in [2.24, 2.45) is 0 Å². The van der Waals surface area contributed by atoms with Gasteiger partial charge in [0.05, 0.1) is 10.6 Å². The van der Waals surface area contributed by atoms with Gasteiger partial charge in [-0.15, -0.1) is 0 Å². The van der Waals surface area contributed by atoms with Gasteiger partial charge >= 0.3 is 0 Å². The van der Waals surface area contributed by atoms with Crippen molar-refractivity contribution in [1.82, 2.24) is 4.98 Å². The lowest BCUT2D eigenvalue weighted by atomic mass is 10.0. The van der Waals surface area contributed by atoms with E-state index in [0.717, 1.165) is 24.1 Å². The summed E-state index contributed by atoms with van der Waals surface area (Å²) in [5.74, 6) is 0.489. The highest BCUT2D eigenvalue weighted by Crippen LogP contribution is 2.29. The van der Waals surface area contributed by atoms with Crippen LogP contribution in [0.25, 0.3) is 0 Å². The van der Waals surface area contributed by atoms with E-state index in [9.17, 15) is 9.59 Å². The van der Waals surface area contributed by atoms with Gasteiger partial charge in [-0.3, -0.25) is 14.9 Å². The van der Waals surface area contributed by atoms with Gasteiger partial charge in [0.15, 0.2) is 17.5 Å². The maximum atomic E-state index is 11.9. The van der Waals surface area contributed by atoms with Crippen molar-refractivity contribution in [3.05, 3.63) is 40.4 Å². The van der Waals surface area contributed by atoms with Gasteiger partial charge in [-0.2, -0.15) is 0 Å². The third kappa shape index (κ3) is 3.33. The van der Waals surface area contributed by atoms with Crippen LogP contribution in [0.1, 0.15) is 33.8 Å². The molecule has 0 atom stereocenters. The van der Waals surface area contributed by atoms with E-state index < -0.39 is 0 Å². The molecule has 1 N–H and O–H groups in total. The van der Waals surface area contributed by atoms with Gasteiger partial charge in [-0.05, 0) is 31.9 Å². The molecule has 0 unspecified atom stereocenters. The average Bonchev–Trinajstić information content (AvgIpc) is 2.90. The predicted octanol–water partition coefficient (Wildman–Crippen LogP) is 2.99.